The Hall–Kier alpha value is -1.88. The van der Waals surface area contributed by atoms with Crippen molar-refractivity contribution in [2.24, 2.45) is 0 Å². The maximum absolute atomic E-state index is 11.4. The number of hydrogen-bond acceptors (Lipinski definition) is 3. The number of amides is 1. The molecule has 0 heterocycles. The molecule has 0 unspecified atom stereocenters. The summed E-state index contributed by atoms with van der Waals surface area (Å²) in [6, 6.07) is 5.96. The van der Waals surface area contributed by atoms with Crippen LogP contribution in [0.1, 0.15) is 23.7 Å². The normalized spacial score (nSPS) is 9.94. The Bertz CT molecular complexity index is 386. The third-order valence-corrected chi connectivity index (χ3v) is 2.00. The van der Waals surface area contributed by atoms with Gasteiger partial charge in [0.1, 0.15) is 6.61 Å². The molecule has 2 N–H and O–H groups in total. The highest BCUT2D eigenvalue weighted by molar-refractivity contribution is 5.93. The lowest BCUT2D eigenvalue weighted by atomic mass is 10.2. The summed E-state index contributed by atoms with van der Waals surface area (Å²) in [4.78, 5) is 22.0. The summed E-state index contributed by atoms with van der Waals surface area (Å²) in [7, 11) is 0. The fraction of sp³-hybridized carbons (Fsp3) is 0.333. The summed E-state index contributed by atoms with van der Waals surface area (Å²) in [6.45, 7) is 2.52. The first-order valence-electron chi connectivity index (χ1n) is 5.34. The zero-order valence-electron chi connectivity index (χ0n) is 9.60. The van der Waals surface area contributed by atoms with Crippen molar-refractivity contribution in [2.75, 3.05) is 18.5 Å². The Kier molecular flexibility index (Phi) is 5.16. The van der Waals surface area contributed by atoms with Gasteiger partial charge in [-0.15, -0.1) is 0 Å². The number of carbonyl (C=O) groups excluding carboxylic acids is 1. The number of carbonyl (C=O) groups is 2. The van der Waals surface area contributed by atoms with Crippen LogP contribution in [0.25, 0.3) is 0 Å². The molecule has 0 saturated carbocycles. The molecule has 17 heavy (non-hydrogen) atoms. The van der Waals surface area contributed by atoms with Crippen molar-refractivity contribution in [1.29, 1.82) is 0 Å². The fourth-order valence-electron chi connectivity index (χ4n) is 1.20. The number of aromatic carboxylic acids is 1. The molecule has 0 saturated heterocycles. The number of ether oxygens (including phenoxy) is 1. The lowest BCUT2D eigenvalue weighted by Gasteiger charge is -2.05. The quantitative estimate of drug-likeness (QED) is 0.739. The Labute approximate surface area is 99.4 Å². The van der Waals surface area contributed by atoms with E-state index in [9.17, 15) is 9.59 Å². The van der Waals surface area contributed by atoms with E-state index >= 15 is 0 Å². The topological polar surface area (TPSA) is 75.6 Å². The van der Waals surface area contributed by atoms with E-state index in [1.807, 2.05) is 6.92 Å². The zero-order chi connectivity index (χ0) is 12.7. The molecule has 0 aliphatic heterocycles. The first-order valence-corrected chi connectivity index (χ1v) is 5.34. The summed E-state index contributed by atoms with van der Waals surface area (Å²) in [5.74, 6) is -1.24. The molecule has 92 valence electrons. The van der Waals surface area contributed by atoms with Gasteiger partial charge < -0.3 is 15.2 Å². The molecule has 1 amide bonds. The smallest absolute Gasteiger partial charge is 0.335 e. The van der Waals surface area contributed by atoms with Gasteiger partial charge in [0.2, 0.25) is 5.91 Å². The first-order chi connectivity index (χ1) is 8.13. The standard InChI is InChI=1S/C12H15NO4/c1-2-7-17-8-11(14)13-10-5-3-9(4-6-10)12(15)16/h3-6H,2,7-8H2,1H3,(H,13,14)(H,15,16). The number of anilines is 1. The highest BCUT2D eigenvalue weighted by atomic mass is 16.5. The minimum atomic E-state index is -0.992. The first kappa shape index (κ1) is 13.2. The van der Waals surface area contributed by atoms with E-state index in [1.165, 1.54) is 12.1 Å². The van der Waals surface area contributed by atoms with Crippen LogP contribution in [-0.2, 0) is 9.53 Å². The molecular weight excluding hydrogens is 222 g/mol. The van der Waals surface area contributed by atoms with E-state index in [0.29, 0.717) is 12.3 Å². The minimum Gasteiger partial charge on any atom is -0.478 e. The van der Waals surface area contributed by atoms with Gasteiger partial charge in [-0.25, -0.2) is 4.79 Å². The molecule has 5 nitrogen and oxygen atoms in total. The Morgan fingerprint density at radius 3 is 2.47 bits per heavy atom. The van der Waals surface area contributed by atoms with E-state index in [0.717, 1.165) is 6.42 Å². The molecule has 1 aromatic carbocycles. The van der Waals surface area contributed by atoms with E-state index in [1.54, 1.807) is 12.1 Å². The largest absolute Gasteiger partial charge is 0.478 e. The van der Waals surface area contributed by atoms with Crippen molar-refractivity contribution in [3.63, 3.8) is 0 Å². The molecule has 1 aromatic rings. The van der Waals surface area contributed by atoms with Crippen LogP contribution in [0.4, 0.5) is 5.69 Å². The lowest BCUT2D eigenvalue weighted by Crippen LogP contribution is -2.18. The van der Waals surface area contributed by atoms with Gasteiger partial charge in [0.25, 0.3) is 0 Å². The average Bonchev–Trinajstić information content (AvgIpc) is 2.30. The fourth-order valence-corrected chi connectivity index (χ4v) is 1.20. The van der Waals surface area contributed by atoms with Crippen LogP contribution >= 0.6 is 0 Å². The van der Waals surface area contributed by atoms with Crippen LogP contribution in [0.5, 0.6) is 0 Å². The monoisotopic (exact) mass is 237 g/mol. The van der Waals surface area contributed by atoms with Crippen LogP contribution in [-0.4, -0.2) is 30.2 Å². The van der Waals surface area contributed by atoms with Gasteiger partial charge in [0.05, 0.1) is 5.56 Å². The highest BCUT2D eigenvalue weighted by Gasteiger charge is 2.04. The molecule has 0 aromatic heterocycles. The number of rotatable bonds is 6. The maximum Gasteiger partial charge on any atom is 0.335 e. The highest BCUT2D eigenvalue weighted by Crippen LogP contribution is 2.09. The molecular formula is C12H15NO4. The molecule has 0 aliphatic carbocycles. The van der Waals surface area contributed by atoms with Crippen molar-refractivity contribution < 1.29 is 19.4 Å². The number of hydrogen-bond donors (Lipinski definition) is 2. The summed E-state index contributed by atoms with van der Waals surface area (Å²) in [5.41, 5.74) is 0.741. The predicted molar refractivity (Wildman–Crippen MR) is 63.1 cm³/mol. The van der Waals surface area contributed by atoms with Gasteiger partial charge in [-0.05, 0) is 30.7 Å². The minimum absolute atomic E-state index is 0.00845. The van der Waals surface area contributed by atoms with Crippen molar-refractivity contribution >= 4 is 17.6 Å². The van der Waals surface area contributed by atoms with E-state index in [2.05, 4.69) is 5.32 Å². The lowest BCUT2D eigenvalue weighted by molar-refractivity contribution is -0.120. The van der Waals surface area contributed by atoms with Crippen LogP contribution in [0.15, 0.2) is 24.3 Å². The van der Waals surface area contributed by atoms with Gasteiger partial charge in [-0.1, -0.05) is 6.92 Å². The molecule has 0 aliphatic rings. The molecule has 0 bridgehead atoms. The van der Waals surface area contributed by atoms with Crippen LogP contribution in [0.3, 0.4) is 0 Å². The van der Waals surface area contributed by atoms with E-state index in [4.69, 9.17) is 9.84 Å². The van der Waals surface area contributed by atoms with Gasteiger partial charge in [-0.3, -0.25) is 4.79 Å². The third-order valence-electron chi connectivity index (χ3n) is 2.00. The SMILES string of the molecule is CCCOCC(=O)Nc1ccc(C(=O)O)cc1. The molecule has 0 spiro atoms. The summed E-state index contributed by atoms with van der Waals surface area (Å²) < 4.78 is 5.07. The number of carboxylic acid groups (broad SMARTS) is 1. The number of nitrogens with one attached hydrogen (secondary N) is 1. The van der Waals surface area contributed by atoms with Crippen molar-refractivity contribution in [3.8, 4) is 0 Å². The second kappa shape index (κ2) is 6.65. The molecule has 0 radical (unpaired) electrons. The van der Waals surface area contributed by atoms with Crippen LogP contribution < -0.4 is 5.32 Å². The molecule has 1 rings (SSSR count). The second-order valence-corrected chi connectivity index (χ2v) is 3.48. The third kappa shape index (κ3) is 4.65. The molecule has 0 fully saturated rings. The Morgan fingerprint density at radius 1 is 1.29 bits per heavy atom. The molecule has 5 heteroatoms. The summed E-state index contributed by atoms with van der Waals surface area (Å²) in [5, 5.41) is 11.3. The van der Waals surface area contributed by atoms with Gasteiger partial charge >= 0.3 is 5.97 Å². The second-order valence-electron chi connectivity index (χ2n) is 3.48. The summed E-state index contributed by atoms with van der Waals surface area (Å²) >= 11 is 0. The average molecular weight is 237 g/mol. The van der Waals surface area contributed by atoms with Crippen molar-refractivity contribution in [2.45, 2.75) is 13.3 Å². The van der Waals surface area contributed by atoms with E-state index in [-0.39, 0.29) is 18.1 Å². The van der Waals surface area contributed by atoms with Crippen molar-refractivity contribution in [3.05, 3.63) is 29.8 Å². The van der Waals surface area contributed by atoms with Gasteiger partial charge in [-0.2, -0.15) is 0 Å². The van der Waals surface area contributed by atoms with Crippen molar-refractivity contribution in [1.82, 2.24) is 0 Å². The Balaban J connectivity index is 2.46. The van der Waals surface area contributed by atoms with Crippen LogP contribution in [0.2, 0.25) is 0 Å². The number of benzene rings is 1. The summed E-state index contributed by atoms with van der Waals surface area (Å²) in [6.07, 6.45) is 0.862. The van der Waals surface area contributed by atoms with Gasteiger partial charge in [0.15, 0.2) is 0 Å². The zero-order valence-corrected chi connectivity index (χ0v) is 9.60. The predicted octanol–water partition coefficient (Wildman–Crippen LogP) is 1.75. The number of carboxylic acids is 1. The van der Waals surface area contributed by atoms with Gasteiger partial charge in [0, 0.05) is 12.3 Å². The maximum atomic E-state index is 11.4. The Morgan fingerprint density at radius 2 is 1.94 bits per heavy atom. The molecule has 0 atom stereocenters. The van der Waals surface area contributed by atoms with Crippen LogP contribution in [0, 0.1) is 0 Å². The van der Waals surface area contributed by atoms with E-state index < -0.39 is 5.97 Å².